The zero-order valence-corrected chi connectivity index (χ0v) is 19.6. The van der Waals surface area contributed by atoms with Crippen molar-refractivity contribution in [3.05, 3.63) is 57.6 Å². The van der Waals surface area contributed by atoms with Gasteiger partial charge in [0.05, 0.1) is 24.9 Å². The van der Waals surface area contributed by atoms with E-state index in [1.807, 2.05) is 0 Å². The van der Waals surface area contributed by atoms with Crippen molar-refractivity contribution in [2.75, 3.05) is 17.7 Å². The van der Waals surface area contributed by atoms with Gasteiger partial charge in [-0.1, -0.05) is 18.2 Å². The largest absolute Gasteiger partial charge is 0.496 e. The second-order valence-electron chi connectivity index (χ2n) is 8.56. The van der Waals surface area contributed by atoms with Crippen LogP contribution in [0.15, 0.2) is 30.5 Å². The quantitative estimate of drug-likeness (QED) is 0.484. The van der Waals surface area contributed by atoms with Crippen molar-refractivity contribution >= 4 is 28.1 Å². The first-order valence-corrected chi connectivity index (χ1v) is 12.0. The molecular formula is C24H22F3N5O2S. The minimum Gasteiger partial charge on any atom is -0.496 e. The molecule has 0 saturated carbocycles. The van der Waals surface area contributed by atoms with Crippen LogP contribution in [0.1, 0.15) is 63.3 Å². The van der Waals surface area contributed by atoms with Crippen molar-refractivity contribution in [2.24, 2.45) is 0 Å². The molecule has 11 heteroatoms. The highest BCUT2D eigenvalue weighted by molar-refractivity contribution is 7.16. The number of carbonyl (C=O) groups excluding carboxylic acids is 1. The molecule has 2 N–H and O–H groups in total. The van der Waals surface area contributed by atoms with E-state index in [9.17, 15) is 23.2 Å². The van der Waals surface area contributed by atoms with Gasteiger partial charge in [0.2, 0.25) is 0 Å². The number of methoxy groups -OCH3 is 1. The predicted octanol–water partition coefficient (Wildman–Crippen LogP) is 5.62. The van der Waals surface area contributed by atoms with Gasteiger partial charge in [0.25, 0.3) is 5.91 Å². The summed E-state index contributed by atoms with van der Waals surface area (Å²) in [6, 6.07) is 6.36. The number of rotatable bonds is 4. The van der Waals surface area contributed by atoms with Crippen molar-refractivity contribution in [3.63, 3.8) is 0 Å². The fourth-order valence-corrected chi connectivity index (χ4v) is 6.06. The summed E-state index contributed by atoms with van der Waals surface area (Å²) in [6.07, 6.45) is -0.105. The third-order valence-corrected chi connectivity index (χ3v) is 7.71. The molecule has 2 aromatic heterocycles. The monoisotopic (exact) mass is 501 g/mol. The molecule has 0 radical (unpaired) electrons. The van der Waals surface area contributed by atoms with Crippen LogP contribution in [-0.4, -0.2) is 29.0 Å². The third-order valence-electron chi connectivity index (χ3n) is 6.51. The maximum absolute atomic E-state index is 14.0. The summed E-state index contributed by atoms with van der Waals surface area (Å²) in [7, 11) is 1.46. The molecule has 1 aliphatic heterocycles. The average Bonchev–Trinajstić information content (AvgIpc) is 3.43. The molecular weight excluding hydrogens is 479 g/mol. The number of hydrogen-bond donors (Lipinski definition) is 2. The number of aryl methyl sites for hydroxylation is 1. The highest BCUT2D eigenvalue weighted by Crippen LogP contribution is 2.46. The van der Waals surface area contributed by atoms with Crippen LogP contribution in [-0.2, 0) is 12.8 Å². The third kappa shape index (κ3) is 4.12. The Morgan fingerprint density at radius 1 is 1.31 bits per heavy atom. The summed E-state index contributed by atoms with van der Waals surface area (Å²) in [6.45, 7) is 0. The molecule has 0 bridgehead atoms. The molecule has 1 aromatic carbocycles. The zero-order valence-electron chi connectivity index (χ0n) is 18.8. The number of thiophene rings is 1. The molecule has 182 valence electrons. The Labute approximate surface area is 203 Å². The van der Waals surface area contributed by atoms with E-state index in [4.69, 9.17) is 4.74 Å². The van der Waals surface area contributed by atoms with Crippen molar-refractivity contribution in [3.8, 4) is 11.8 Å². The Balaban J connectivity index is 1.51. The molecule has 1 amide bonds. The van der Waals surface area contributed by atoms with E-state index in [1.54, 1.807) is 24.3 Å². The second kappa shape index (κ2) is 8.92. The van der Waals surface area contributed by atoms with Gasteiger partial charge in [-0.2, -0.15) is 23.5 Å². The number of anilines is 2. The molecule has 3 heterocycles. The number of para-hydroxylation sites is 1. The van der Waals surface area contributed by atoms with Crippen LogP contribution in [0.2, 0.25) is 0 Å². The van der Waals surface area contributed by atoms with Crippen LogP contribution in [0.3, 0.4) is 0 Å². The molecule has 3 aromatic rings. The van der Waals surface area contributed by atoms with E-state index in [0.29, 0.717) is 21.9 Å². The van der Waals surface area contributed by atoms with Crippen LogP contribution in [0.5, 0.6) is 5.75 Å². The zero-order chi connectivity index (χ0) is 24.7. The van der Waals surface area contributed by atoms with E-state index in [-0.39, 0.29) is 17.8 Å². The Morgan fingerprint density at radius 2 is 2.09 bits per heavy atom. The predicted molar refractivity (Wildman–Crippen MR) is 125 cm³/mol. The molecule has 0 unspecified atom stereocenters. The van der Waals surface area contributed by atoms with Crippen molar-refractivity contribution in [2.45, 2.75) is 50.4 Å². The Bertz CT molecular complexity index is 1320. The van der Waals surface area contributed by atoms with Crippen LogP contribution in [0.25, 0.3) is 0 Å². The van der Waals surface area contributed by atoms with E-state index in [1.165, 1.54) is 18.4 Å². The number of benzene rings is 1. The summed E-state index contributed by atoms with van der Waals surface area (Å²) >= 11 is 1.36. The molecule has 7 nitrogen and oxygen atoms in total. The number of amides is 1. The number of aromatic nitrogens is 2. The molecule has 0 fully saturated rings. The molecule has 0 saturated heterocycles. The highest BCUT2D eigenvalue weighted by atomic mass is 32.1. The lowest BCUT2D eigenvalue weighted by Gasteiger charge is -2.34. The summed E-state index contributed by atoms with van der Waals surface area (Å²) in [5.74, 6) is -0.185. The highest BCUT2D eigenvalue weighted by Gasteiger charge is 2.47. The van der Waals surface area contributed by atoms with Gasteiger partial charge in [0.1, 0.15) is 28.2 Å². The first-order chi connectivity index (χ1) is 16.8. The average molecular weight is 502 g/mol. The lowest BCUT2D eigenvalue weighted by atomic mass is 9.95. The minimum absolute atomic E-state index is 0.0193. The van der Waals surface area contributed by atoms with E-state index in [2.05, 4.69) is 21.8 Å². The number of halogens is 3. The molecule has 1 aliphatic carbocycles. The fourth-order valence-electron chi connectivity index (χ4n) is 4.83. The molecule has 2 aliphatic rings. The van der Waals surface area contributed by atoms with Crippen molar-refractivity contribution in [1.29, 1.82) is 5.26 Å². The summed E-state index contributed by atoms with van der Waals surface area (Å²) in [5, 5.41) is 19.9. The Kier molecular flexibility index (Phi) is 5.92. The van der Waals surface area contributed by atoms with Gasteiger partial charge in [0, 0.05) is 16.9 Å². The molecule has 0 spiro atoms. The maximum Gasteiger partial charge on any atom is 0.410 e. The number of nitrogens with one attached hydrogen (secondary N) is 2. The fraction of sp³-hybridized carbons (Fsp3) is 0.375. The number of nitriles is 1. The van der Waals surface area contributed by atoms with Crippen molar-refractivity contribution < 1.29 is 22.7 Å². The van der Waals surface area contributed by atoms with Gasteiger partial charge in [0.15, 0.2) is 6.04 Å². The Hall–Kier alpha value is -3.52. The van der Waals surface area contributed by atoms with Crippen LogP contribution in [0.4, 0.5) is 24.0 Å². The minimum atomic E-state index is -4.57. The van der Waals surface area contributed by atoms with Gasteiger partial charge >= 0.3 is 6.18 Å². The van der Waals surface area contributed by atoms with Gasteiger partial charge in [-0.3, -0.25) is 4.79 Å². The summed E-state index contributed by atoms with van der Waals surface area (Å²) < 4.78 is 48.3. The summed E-state index contributed by atoms with van der Waals surface area (Å²) in [5.41, 5.74) is 1.93. The first kappa shape index (κ1) is 23.2. The number of alkyl halides is 3. The van der Waals surface area contributed by atoms with Gasteiger partial charge in [-0.25, -0.2) is 4.68 Å². The number of ether oxygens (including phenoxy) is 1. The normalized spacial score (nSPS) is 19.2. The van der Waals surface area contributed by atoms with Gasteiger partial charge in [-0.15, -0.1) is 11.3 Å². The lowest BCUT2D eigenvalue weighted by Crippen LogP contribution is -2.36. The number of nitrogens with zero attached hydrogens (tertiary/aromatic N) is 3. The molecule has 35 heavy (non-hydrogen) atoms. The first-order valence-electron chi connectivity index (χ1n) is 11.2. The number of hydrogen-bond acceptors (Lipinski definition) is 6. The van der Waals surface area contributed by atoms with Crippen LogP contribution >= 0.6 is 11.3 Å². The smallest absolute Gasteiger partial charge is 0.410 e. The van der Waals surface area contributed by atoms with Gasteiger partial charge in [-0.05, 0) is 37.3 Å². The summed E-state index contributed by atoms with van der Waals surface area (Å²) in [4.78, 5) is 14.3. The molecule has 2 atom stereocenters. The topological polar surface area (TPSA) is 92.0 Å². The van der Waals surface area contributed by atoms with E-state index >= 15 is 0 Å². The lowest BCUT2D eigenvalue weighted by molar-refractivity contribution is -0.173. The van der Waals surface area contributed by atoms with E-state index in [0.717, 1.165) is 47.0 Å². The van der Waals surface area contributed by atoms with E-state index < -0.39 is 24.2 Å². The number of fused-ring (bicyclic) bond motifs is 2. The molecule has 5 rings (SSSR count). The SMILES string of the molecule is COc1ccccc1[C@H]1C[C@H](C(F)(F)F)n2ncc(C(=O)Nc3sc4c(c3C#N)CCCC4)c2N1. The Morgan fingerprint density at radius 3 is 2.83 bits per heavy atom. The van der Waals surface area contributed by atoms with Crippen LogP contribution in [0, 0.1) is 11.3 Å². The van der Waals surface area contributed by atoms with Gasteiger partial charge < -0.3 is 15.4 Å². The second-order valence-corrected chi connectivity index (χ2v) is 9.67. The van der Waals surface area contributed by atoms with Crippen LogP contribution < -0.4 is 15.4 Å². The maximum atomic E-state index is 14.0. The number of carbonyl (C=O) groups is 1. The van der Waals surface area contributed by atoms with Crippen molar-refractivity contribution in [1.82, 2.24) is 9.78 Å². The standard InChI is InChI=1S/C24H22F3N5O2S/c1-34-18-8-4-2-7-14(18)17-10-20(24(25,26)27)32-21(30-17)16(12-29-32)22(33)31-23-15(11-28)13-6-3-5-9-19(13)35-23/h2,4,7-8,12,17,20,30H,3,5-6,9-10H2,1H3,(H,31,33)/t17-,20-/m1/s1.